The van der Waals surface area contributed by atoms with Gasteiger partial charge in [-0.05, 0) is 32.4 Å². The predicted octanol–water partition coefficient (Wildman–Crippen LogP) is 4.15. The number of pyridine rings is 1. The molecule has 2 heterocycles. The van der Waals surface area contributed by atoms with Crippen molar-refractivity contribution in [2.45, 2.75) is 45.2 Å². The maximum atomic E-state index is 6.19. The SMILES string of the molecule is CC1CCCCCN1Cc1cnc(Cl)cc1Cl. The predicted molar refractivity (Wildman–Crippen MR) is 72.6 cm³/mol. The second-order valence-electron chi connectivity index (χ2n) is 4.77. The molecule has 17 heavy (non-hydrogen) atoms. The third kappa shape index (κ3) is 3.57. The molecular formula is C13H18Cl2N2. The lowest BCUT2D eigenvalue weighted by molar-refractivity contribution is 0.205. The van der Waals surface area contributed by atoms with Crippen LogP contribution in [0.1, 0.15) is 38.2 Å². The van der Waals surface area contributed by atoms with Crippen LogP contribution in [0.5, 0.6) is 0 Å². The molecule has 94 valence electrons. The highest BCUT2D eigenvalue weighted by Gasteiger charge is 2.18. The van der Waals surface area contributed by atoms with E-state index in [2.05, 4.69) is 16.8 Å². The molecule has 2 nitrogen and oxygen atoms in total. The fourth-order valence-corrected chi connectivity index (χ4v) is 2.77. The summed E-state index contributed by atoms with van der Waals surface area (Å²) in [6, 6.07) is 2.35. The zero-order valence-electron chi connectivity index (χ0n) is 10.1. The highest BCUT2D eigenvalue weighted by molar-refractivity contribution is 6.34. The lowest BCUT2D eigenvalue weighted by atomic mass is 10.1. The average Bonchev–Trinajstić information content (AvgIpc) is 2.48. The van der Waals surface area contributed by atoms with Crippen LogP contribution < -0.4 is 0 Å². The number of likely N-dealkylation sites (tertiary alicyclic amines) is 1. The summed E-state index contributed by atoms with van der Waals surface area (Å²) in [4.78, 5) is 6.60. The third-order valence-corrected chi connectivity index (χ3v) is 4.02. The molecule has 1 aromatic heterocycles. The molecule has 2 rings (SSSR count). The van der Waals surface area contributed by atoms with Crippen LogP contribution in [0.15, 0.2) is 12.3 Å². The van der Waals surface area contributed by atoms with E-state index in [1.165, 1.54) is 25.7 Å². The molecule has 0 aromatic carbocycles. The summed E-state index contributed by atoms with van der Waals surface area (Å²) in [5.74, 6) is 0. The van der Waals surface area contributed by atoms with Crippen molar-refractivity contribution in [3.05, 3.63) is 28.0 Å². The Morgan fingerprint density at radius 3 is 2.94 bits per heavy atom. The summed E-state index contributed by atoms with van der Waals surface area (Å²) in [5, 5.41) is 1.18. The van der Waals surface area contributed by atoms with Gasteiger partial charge in [0.15, 0.2) is 0 Å². The largest absolute Gasteiger partial charge is 0.296 e. The van der Waals surface area contributed by atoms with E-state index in [-0.39, 0.29) is 0 Å². The van der Waals surface area contributed by atoms with Crippen LogP contribution in [0.2, 0.25) is 10.2 Å². The van der Waals surface area contributed by atoms with E-state index in [0.29, 0.717) is 11.2 Å². The standard InChI is InChI=1S/C13H18Cl2N2/c1-10-5-3-2-4-6-17(10)9-11-8-16-13(15)7-12(11)14/h7-8,10H,2-6,9H2,1H3. The molecular weight excluding hydrogens is 255 g/mol. The van der Waals surface area contributed by atoms with Gasteiger partial charge in [-0.15, -0.1) is 0 Å². The molecule has 1 aliphatic heterocycles. The minimum atomic E-state index is 0.461. The Morgan fingerprint density at radius 2 is 2.18 bits per heavy atom. The first-order chi connectivity index (χ1) is 8.16. The summed E-state index contributed by atoms with van der Waals surface area (Å²) in [5.41, 5.74) is 1.07. The van der Waals surface area contributed by atoms with Gasteiger partial charge in [-0.25, -0.2) is 4.98 Å². The molecule has 0 bridgehead atoms. The summed E-state index contributed by atoms with van der Waals surface area (Å²) >= 11 is 12.0. The van der Waals surface area contributed by atoms with Crippen molar-refractivity contribution in [3.8, 4) is 0 Å². The molecule has 0 amide bonds. The highest BCUT2D eigenvalue weighted by Crippen LogP contribution is 2.23. The minimum absolute atomic E-state index is 0.461. The smallest absolute Gasteiger partial charge is 0.130 e. The number of hydrogen-bond acceptors (Lipinski definition) is 2. The number of hydrogen-bond donors (Lipinski definition) is 0. The van der Waals surface area contributed by atoms with Gasteiger partial charge in [-0.1, -0.05) is 36.0 Å². The van der Waals surface area contributed by atoms with Crippen molar-refractivity contribution >= 4 is 23.2 Å². The van der Waals surface area contributed by atoms with Crippen molar-refractivity contribution < 1.29 is 0 Å². The van der Waals surface area contributed by atoms with Gasteiger partial charge in [0, 0.05) is 29.4 Å². The Hall–Kier alpha value is -0.310. The maximum absolute atomic E-state index is 6.19. The second kappa shape index (κ2) is 6.03. The first-order valence-corrected chi connectivity index (χ1v) is 6.96. The number of nitrogens with zero attached hydrogens (tertiary/aromatic N) is 2. The molecule has 0 N–H and O–H groups in total. The fraction of sp³-hybridized carbons (Fsp3) is 0.615. The third-order valence-electron chi connectivity index (χ3n) is 3.46. The van der Waals surface area contributed by atoms with Crippen LogP contribution in [0.3, 0.4) is 0 Å². The Morgan fingerprint density at radius 1 is 1.35 bits per heavy atom. The molecule has 1 aliphatic rings. The van der Waals surface area contributed by atoms with Crippen molar-refractivity contribution in [1.29, 1.82) is 0 Å². The van der Waals surface area contributed by atoms with Crippen molar-refractivity contribution in [1.82, 2.24) is 9.88 Å². The van der Waals surface area contributed by atoms with Gasteiger partial charge >= 0.3 is 0 Å². The summed E-state index contributed by atoms with van der Waals surface area (Å²) in [6.45, 7) is 4.33. The van der Waals surface area contributed by atoms with Gasteiger partial charge in [0.25, 0.3) is 0 Å². The van der Waals surface area contributed by atoms with Gasteiger partial charge in [0.1, 0.15) is 5.15 Å². The first kappa shape index (κ1) is 13.1. The molecule has 1 aromatic rings. The summed E-state index contributed by atoms with van der Waals surface area (Å²) in [6.07, 6.45) is 7.03. The second-order valence-corrected chi connectivity index (χ2v) is 5.56. The lowest BCUT2D eigenvalue weighted by Crippen LogP contribution is -2.32. The molecule has 1 atom stereocenters. The van der Waals surface area contributed by atoms with E-state index < -0.39 is 0 Å². The van der Waals surface area contributed by atoms with Gasteiger partial charge in [-0.3, -0.25) is 4.90 Å². The molecule has 4 heteroatoms. The van der Waals surface area contributed by atoms with E-state index in [0.717, 1.165) is 23.7 Å². The number of aromatic nitrogens is 1. The van der Waals surface area contributed by atoms with Crippen LogP contribution in [0.25, 0.3) is 0 Å². The van der Waals surface area contributed by atoms with Crippen LogP contribution in [0, 0.1) is 0 Å². The van der Waals surface area contributed by atoms with Gasteiger partial charge in [-0.2, -0.15) is 0 Å². The van der Waals surface area contributed by atoms with Gasteiger partial charge in [0.2, 0.25) is 0 Å². The first-order valence-electron chi connectivity index (χ1n) is 6.21. The highest BCUT2D eigenvalue weighted by atomic mass is 35.5. The van der Waals surface area contributed by atoms with Crippen molar-refractivity contribution in [2.24, 2.45) is 0 Å². The van der Waals surface area contributed by atoms with E-state index in [1.807, 2.05) is 0 Å². The normalized spacial score (nSPS) is 22.4. The van der Waals surface area contributed by atoms with Crippen LogP contribution in [-0.4, -0.2) is 22.5 Å². The zero-order valence-corrected chi connectivity index (χ0v) is 11.6. The molecule has 0 spiro atoms. The number of halogens is 2. The molecule has 0 saturated carbocycles. The Balaban J connectivity index is 2.08. The van der Waals surface area contributed by atoms with Crippen LogP contribution in [-0.2, 0) is 6.54 Å². The van der Waals surface area contributed by atoms with Gasteiger partial charge in [0.05, 0.1) is 0 Å². The summed E-state index contributed by atoms with van der Waals surface area (Å²) in [7, 11) is 0. The Kier molecular flexibility index (Phi) is 4.66. The zero-order chi connectivity index (χ0) is 12.3. The Labute approximate surface area is 113 Å². The minimum Gasteiger partial charge on any atom is -0.296 e. The molecule has 0 aliphatic carbocycles. The average molecular weight is 273 g/mol. The molecule has 1 unspecified atom stereocenters. The van der Waals surface area contributed by atoms with E-state index in [1.54, 1.807) is 12.3 Å². The van der Waals surface area contributed by atoms with Crippen LogP contribution in [0.4, 0.5) is 0 Å². The van der Waals surface area contributed by atoms with E-state index in [4.69, 9.17) is 23.2 Å². The monoisotopic (exact) mass is 272 g/mol. The molecule has 0 radical (unpaired) electrons. The fourth-order valence-electron chi connectivity index (χ4n) is 2.34. The number of rotatable bonds is 2. The molecule has 1 saturated heterocycles. The maximum Gasteiger partial charge on any atom is 0.130 e. The topological polar surface area (TPSA) is 16.1 Å². The van der Waals surface area contributed by atoms with Crippen molar-refractivity contribution in [3.63, 3.8) is 0 Å². The lowest BCUT2D eigenvalue weighted by Gasteiger charge is -2.27. The Bertz CT molecular complexity index is 382. The van der Waals surface area contributed by atoms with Crippen LogP contribution >= 0.6 is 23.2 Å². The van der Waals surface area contributed by atoms with Gasteiger partial charge < -0.3 is 0 Å². The quantitative estimate of drug-likeness (QED) is 0.752. The van der Waals surface area contributed by atoms with E-state index in [9.17, 15) is 0 Å². The van der Waals surface area contributed by atoms with Crippen molar-refractivity contribution in [2.75, 3.05) is 6.54 Å². The summed E-state index contributed by atoms with van der Waals surface area (Å²) < 4.78 is 0. The van der Waals surface area contributed by atoms with E-state index >= 15 is 0 Å². The molecule has 1 fully saturated rings.